The van der Waals surface area contributed by atoms with Gasteiger partial charge in [-0.05, 0) is 101 Å². The van der Waals surface area contributed by atoms with Crippen molar-refractivity contribution >= 4 is 78.0 Å². The molecule has 0 atom stereocenters. The van der Waals surface area contributed by atoms with Crippen LogP contribution < -0.4 is 53.9 Å². The fraction of sp³-hybridized carbons (Fsp3) is 0.360. The van der Waals surface area contributed by atoms with E-state index in [1.807, 2.05) is 11.3 Å². The zero-order chi connectivity index (χ0) is 41.0. The van der Waals surface area contributed by atoms with E-state index in [9.17, 15) is 0 Å². The predicted molar refractivity (Wildman–Crippen MR) is 245 cm³/mol. The van der Waals surface area contributed by atoms with Gasteiger partial charge in [0.05, 0.1) is 56.7 Å². The van der Waals surface area contributed by atoms with Crippen LogP contribution in [-0.2, 0) is 5.41 Å². The van der Waals surface area contributed by atoms with E-state index >= 15 is 0 Å². The lowest BCUT2D eigenvalue weighted by atomic mass is 9.36. The molecule has 0 aliphatic carbocycles. The second kappa shape index (κ2) is 14.0. The lowest BCUT2D eigenvalue weighted by molar-refractivity contribution is 0.296. The number of aryl methyl sites for hydroxylation is 1. The van der Waals surface area contributed by atoms with Gasteiger partial charge in [-0.1, -0.05) is 40.7 Å². The second-order valence-corrected chi connectivity index (χ2v) is 19.2. The fourth-order valence-corrected chi connectivity index (χ4v) is 11.0. The summed E-state index contributed by atoms with van der Waals surface area (Å²) < 4.78 is 40.9. The molecule has 5 aliphatic rings. The Labute approximate surface area is 357 Å². The molecule has 0 bridgehead atoms. The first-order valence-corrected chi connectivity index (χ1v) is 22.4. The Balaban J connectivity index is 1.27. The summed E-state index contributed by atoms with van der Waals surface area (Å²) in [5.74, 6) is 5.01. The van der Waals surface area contributed by atoms with Gasteiger partial charge < -0.3 is 38.2 Å². The van der Waals surface area contributed by atoms with E-state index in [0.29, 0.717) is 39.6 Å². The van der Waals surface area contributed by atoms with Crippen LogP contribution in [-0.4, -0.2) is 46.4 Å². The minimum absolute atomic E-state index is 0.0328. The van der Waals surface area contributed by atoms with Crippen LogP contribution in [0.3, 0.4) is 0 Å². The van der Waals surface area contributed by atoms with E-state index in [0.717, 1.165) is 87.6 Å². The third-order valence-electron chi connectivity index (χ3n) is 12.7. The molecule has 11 rings (SSSR count). The van der Waals surface area contributed by atoms with Crippen LogP contribution >= 0.6 is 11.3 Å². The molecule has 0 unspecified atom stereocenters. The van der Waals surface area contributed by atoms with Crippen molar-refractivity contribution in [3.05, 3.63) is 89.0 Å². The van der Waals surface area contributed by atoms with Crippen LogP contribution in [0, 0.1) is 13.8 Å². The minimum atomic E-state index is -0.0808. The Morgan fingerprint density at radius 2 is 1.25 bits per heavy atom. The zero-order valence-electron chi connectivity index (χ0n) is 35.6. The highest BCUT2D eigenvalue weighted by Gasteiger charge is 2.47. The monoisotopic (exact) mass is 818 g/mol. The molecule has 0 radical (unpaired) electrons. The number of ether oxygens (including phenoxy) is 6. The van der Waals surface area contributed by atoms with Gasteiger partial charge in [-0.3, -0.25) is 0 Å². The fourth-order valence-electron chi connectivity index (χ4n) is 9.72. The van der Waals surface area contributed by atoms with E-state index in [1.54, 1.807) is 0 Å². The first kappa shape index (κ1) is 37.5. The van der Waals surface area contributed by atoms with Crippen molar-refractivity contribution in [2.75, 3.05) is 49.4 Å². The third-order valence-corrected chi connectivity index (χ3v) is 14.0. The van der Waals surface area contributed by atoms with Crippen molar-refractivity contribution in [3.8, 4) is 34.5 Å². The molecule has 0 amide bonds. The molecule has 0 saturated heterocycles. The van der Waals surface area contributed by atoms with Crippen LogP contribution in [0.15, 0.2) is 66.7 Å². The topological polar surface area (TPSA) is 61.9 Å². The highest BCUT2D eigenvalue weighted by molar-refractivity contribution is 7.33. The van der Waals surface area contributed by atoms with Crippen molar-refractivity contribution in [2.24, 2.45) is 0 Å². The molecule has 8 nitrogen and oxygen atoms in total. The average Bonchev–Trinajstić information content (AvgIpc) is 3.48. The van der Waals surface area contributed by atoms with Crippen LogP contribution in [0.5, 0.6) is 34.5 Å². The second-order valence-electron chi connectivity index (χ2n) is 18.1. The lowest BCUT2D eigenvalue weighted by Crippen LogP contribution is -2.60. The van der Waals surface area contributed by atoms with Crippen molar-refractivity contribution in [1.29, 1.82) is 0 Å². The molecule has 6 heterocycles. The summed E-state index contributed by atoms with van der Waals surface area (Å²) in [6, 6.07) is 25.1. The highest BCUT2D eigenvalue weighted by Crippen LogP contribution is 2.54. The van der Waals surface area contributed by atoms with E-state index in [4.69, 9.17) is 28.4 Å². The van der Waals surface area contributed by atoms with Crippen molar-refractivity contribution in [2.45, 2.75) is 79.1 Å². The number of nitrogens with zero attached hydrogens (tertiary/aromatic N) is 2. The highest BCUT2D eigenvalue weighted by atomic mass is 32.1. The summed E-state index contributed by atoms with van der Waals surface area (Å²) in [6.45, 7) is 19.6. The van der Waals surface area contributed by atoms with E-state index in [2.05, 4.69) is 125 Å². The number of rotatable bonds is 3. The molecule has 306 valence electrons. The smallest absolute Gasteiger partial charge is 0.264 e. The summed E-state index contributed by atoms with van der Waals surface area (Å²) in [4.78, 5) is 5.02. The maximum atomic E-state index is 6.55. The van der Waals surface area contributed by atoms with Gasteiger partial charge in [-0.15, -0.1) is 11.3 Å². The third kappa shape index (κ3) is 5.84. The SMILES string of the molecule is Cc1cc2c(c(C)c1N1c3cc(C(C)C)cc4c3B(c3cc5c(cc3N4c3ccc4c(c3)OCCCO4)OCCCO5)c3sc4ccc(C(C)(C)C)cc4c31)OCCCO2. The lowest BCUT2D eigenvalue weighted by Gasteiger charge is -2.44. The molecule has 0 spiro atoms. The number of hydrogen-bond acceptors (Lipinski definition) is 9. The van der Waals surface area contributed by atoms with Crippen LogP contribution in [0.2, 0.25) is 0 Å². The van der Waals surface area contributed by atoms with Gasteiger partial charge in [-0.2, -0.15) is 0 Å². The molecule has 0 saturated carbocycles. The maximum Gasteiger partial charge on any atom is 0.264 e. The summed E-state index contributed by atoms with van der Waals surface area (Å²) in [6.07, 6.45) is 2.52. The number of thiophene rings is 1. The molecule has 0 N–H and O–H groups in total. The molecule has 60 heavy (non-hydrogen) atoms. The van der Waals surface area contributed by atoms with Gasteiger partial charge in [0.25, 0.3) is 6.71 Å². The van der Waals surface area contributed by atoms with Crippen LogP contribution in [0.1, 0.15) is 82.1 Å². The number of benzene rings is 5. The molecule has 1 aromatic heterocycles. The van der Waals surface area contributed by atoms with Crippen molar-refractivity contribution in [1.82, 2.24) is 0 Å². The normalized spacial score (nSPS) is 16.5. The van der Waals surface area contributed by atoms with Gasteiger partial charge in [0.2, 0.25) is 0 Å². The van der Waals surface area contributed by atoms with Gasteiger partial charge in [-0.25, -0.2) is 0 Å². The molecule has 5 aliphatic heterocycles. The maximum absolute atomic E-state index is 6.55. The Bertz CT molecular complexity index is 2740. The quantitative estimate of drug-likeness (QED) is 0.163. The predicted octanol–water partition coefficient (Wildman–Crippen LogP) is 10.5. The minimum Gasteiger partial charge on any atom is -0.490 e. The van der Waals surface area contributed by atoms with E-state index < -0.39 is 0 Å². The summed E-state index contributed by atoms with van der Waals surface area (Å²) in [5.41, 5.74) is 14.0. The van der Waals surface area contributed by atoms with Gasteiger partial charge >= 0.3 is 0 Å². The van der Waals surface area contributed by atoms with Gasteiger partial charge in [0, 0.05) is 68.9 Å². The van der Waals surface area contributed by atoms with Crippen molar-refractivity contribution in [3.63, 3.8) is 0 Å². The van der Waals surface area contributed by atoms with Crippen molar-refractivity contribution < 1.29 is 28.4 Å². The first-order valence-electron chi connectivity index (χ1n) is 21.6. The molecule has 10 heteroatoms. The van der Waals surface area contributed by atoms with Gasteiger partial charge in [0.15, 0.2) is 34.5 Å². The van der Waals surface area contributed by atoms with Gasteiger partial charge in [0.1, 0.15) is 0 Å². The Hall–Kier alpha value is -5.48. The zero-order valence-corrected chi connectivity index (χ0v) is 36.4. The Kier molecular flexibility index (Phi) is 8.78. The largest absolute Gasteiger partial charge is 0.490 e. The summed E-state index contributed by atoms with van der Waals surface area (Å²) in [7, 11) is 0. The van der Waals surface area contributed by atoms with Crippen LogP contribution in [0.25, 0.3) is 10.1 Å². The number of anilines is 6. The average molecular weight is 819 g/mol. The van der Waals surface area contributed by atoms with E-state index in [1.165, 1.54) is 48.3 Å². The number of hydrogen-bond donors (Lipinski definition) is 0. The molecular formula is C50H51BN2O6S. The molecule has 6 aromatic rings. The Morgan fingerprint density at radius 1 is 0.617 bits per heavy atom. The molecule has 0 fully saturated rings. The Morgan fingerprint density at radius 3 is 1.95 bits per heavy atom. The summed E-state index contributed by atoms with van der Waals surface area (Å²) in [5, 5.41) is 1.26. The van der Waals surface area contributed by atoms with E-state index in [-0.39, 0.29) is 18.0 Å². The van der Waals surface area contributed by atoms with Crippen LogP contribution in [0.4, 0.5) is 34.1 Å². The number of fused-ring (bicyclic) bond motifs is 9. The summed E-state index contributed by atoms with van der Waals surface area (Å²) >= 11 is 1.91. The first-order chi connectivity index (χ1) is 29.0. The standard InChI is InChI=1S/C50H51BN2O6S/c1-28(2)31-22-37-45-38(23-31)53(46-29(3)21-43-48(30(46)4)59-20-10-19-58-43)47-34-24-32(50(5,6)7)11-14-44(34)60-49(47)51(45)35-26-41-42(57-18-9-17-56-41)27-36(35)52(37)33-12-13-39-40(25-33)55-16-8-15-54-39/h11-14,21-28H,8-10,15-20H2,1-7H3. The molecular weight excluding hydrogens is 767 g/mol. The molecule has 5 aromatic carbocycles.